The molecule has 2 fully saturated rings. The van der Waals surface area contributed by atoms with Gasteiger partial charge in [0.2, 0.25) is 0 Å². The van der Waals surface area contributed by atoms with Gasteiger partial charge in [-0.05, 0) is 52.9 Å². The van der Waals surface area contributed by atoms with Crippen LogP contribution in [0.2, 0.25) is 0 Å². The lowest BCUT2D eigenvalue weighted by Crippen LogP contribution is -2.66. The Morgan fingerprint density at radius 2 is 1.68 bits per heavy atom. The lowest BCUT2D eigenvalue weighted by Gasteiger charge is -2.51. The number of rotatable bonds is 4. The molecule has 128 valence electrons. The molecular formula is C18H34N2O2. The van der Waals surface area contributed by atoms with Crippen LogP contribution in [-0.4, -0.2) is 28.3 Å². The van der Waals surface area contributed by atoms with Gasteiger partial charge >= 0.3 is 0 Å². The van der Waals surface area contributed by atoms with E-state index in [1.807, 2.05) is 0 Å². The topological polar surface area (TPSA) is 50.4 Å². The van der Waals surface area contributed by atoms with Crippen molar-refractivity contribution < 1.29 is 9.53 Å². The van der Waals surface area contributed by atoms with Gasteiger partial charge in [0.25, 0.3) is 5.91 Å². The normalized spacial score (nSPS) is 32.5. The van der Waals surface area contributed by atoms with E-state index in [1.54, 1.807) is 0 Å². The zero-order chi connectivity index (χ0) is 16.8. The van der Waals surface area contributed by atoms with Crippen molar-refractivity contribution in [3.8, 4) is 0 Å². The van der Waals surface area contributed by atoms with Crippen molar-refractivity contribution in [1.82, 2.24) is 10.6 Å². The summed E-state index contributed by atoms with van der Waals surface area (Å²) in [5, 5.41) is 6.91. The standard InChI is InChI=1S/C18H34N2O2/c1-8-17(10-9-13(2)3)14(21)19-18(22-17)11-15(4,5)20-16(6,7)12-18/h13,20H,8-12H2,1-7H3,(H,19,21). The Labute approximate surface area is 135 Å². The van der Waals surface area contributed by atoms with Gasteiger partial charge in [-0.15, -0.1) is 0 Å². The smallest absolute Gasteiger partial charge is 0.254 e. The van der Waals surface area contributed by atoms with Crippen LogP contribution in [0.4, 0.5) is 0 Å². The van der Waals surface area contributed by atoms with Crippen molar-refractivity contribution >= 4 is 5.91 Å². The van der Waals surface area contributed by atoms with Gasteiger partial charge in [0, 0.05) is 23.9 Å². The highest BCUT2D eigenvalue weighted by molar-refractivity contribution is 5.87. The fourth-order valence-electron chi connectivity index (χ4n) is 4.52. The van der Waals surface area contributed by atoms with Gasteiger partial charge in [0.1, 0.15) is 11.3 Å². The predicted molar refractivity (Wildman–Crippen MR) is 89.6 cm³/mol. The van der Waals surface area contributed by atoms with Crippen molar-refractivity contribution in [3.05, 3.63) is 0 Å². The average Bonchev–Trinajstić information content (AvgIpc) is 2.54. The lowest BCUT2D eigenvalue weighted by atomic mass is 9.77. The van der Waals surface area contributed by atoms with E-state index < -0.39 is 11.3 Å². The minimum absolute atomic E-state index is 0.0586. The number of hydrogen-bond donors (Lipinski definition) is 2. The van der Waals surface area contributed by atoms with Crippen molar-refractivity contribution in [3.63, 3.8) is 0 Å². The third-order valence-electron chi connectivity index (χ3n) is 4.97. The number of carbonyl (C=O) groups excluding carboxylic acids is 1. The highest BCUT2D eigenvalue weighted by atomic mass is 16.6. The number of nitrogens with one attached hydrogen (secondary N) is 2. The highest BCUT2D eigenvalue weighted by Gasteiger charge is 2.59. The van der Waals surface area contributed by atoms with E-state index in [0.29, 0.717) is 5.92 Å². The fourth-order valence-corrected chi connectivity index (χ4v) is 4.52. The molecule has 22 heavy (non-hydrogen) atoms. The zero-order valence-electron chi connectivity index (χ0n) is 15.4. The molecule has 0 saturated carbocycles. The molecule has 0 radical (unpaired) electrons. The van der Waals surface area contributed by atoms with Gasteiger partial charge in [-0.3, -0.25) is 4.79 Å². The summed E-state index contributed by atoms with van der Waals surface area (Å²) in [7, 11) is 0. The van der Waals surface area contributed by atoms with Crippen molar-refractivity contribution in [2.24, 2.45) is 5.92 Å². The molecule has 0 aromatic carbocycles. The molecule has 1 unspecified atom stereocenters. The number of piperidine rings is 1. The van der Waals surface area contributed by atoms with Crippen molar-refractivity contribution in [2.45, 2.75) is 103 Å². The van der Waals surface area contributed by atoms with Crippen molar-refractivity contribution in [2.75, 3.05) is 0 Å². The Kier molecular flexibility index (Phi) is 4.42. The Balaban J connectivity index is 2.25. The van der Waals surface area contributed by atoms with Crippen LogP contribution in [0.25, 0.3) is 0 Å². The molecule has 1 spiro atoms. The van der Waals surface area contributed by atoms with Crippen LogP contribution in [0.5, 0.6) is 0 Å². The fraction of sp³-hybridized carbons (Fsp3) is 0.944. The maximum atomic E-state index is 12.8. The first-order valence-corrected chi connectivity index (χ1v) is 8.75. The van der Waals surface area contributed by atoms with Gasteiger partial charge in [-0.1, -0.05) is 20.8 Å². The first-order chi connectivity index (χ1) is 9.93. The van der Waals surface area contributed by atoms with Crippen LogP contribution in [0, 0.1) is 5.92 Å². The molecule has 2 saturated heterocycles. The van der Waals surface area contributed by atoms with E-state index in [9.17, 15) is 4.79 Å². The molecular weight excluding hydrogens is 276 g/mol. The first-order valence-electron chi connectivity index (χ1n) is 8.75. The van der Waals surface area contributed by atoms with E-state index in [0.717, 1.165) is 32.1 Å². The van der Waals surface area contributed by atoms with Crippen LogP contribution in [0.3, 0.4) is 0 Å². The first kappa shape index (κ1) is 17.7. The quantitative estimate of drug-likeness (QED) is 0.837. The van der Waals surface area contributed by atoms with E-state index in [-0.39, 0.29) is 17.0 Å². The summed E-state index contributed by atoms with van der Waals surface area (Å²) in [4.78, 5) is 12.8. The maximum absolute atomic E-state index is 12.8. The molecule has 1 atom stereocenters. The van der Waals surface area contributed by atoms with E-state index in [2.05, 4.69) is 59.1 Å². The summed E-state index contributed by atoms with van der Waals surface area (Å²) in [6, 6.07) is 0. The Morgan fingerprint density at radius 1 is 1.14 bits per heavy atom. The highest BCUT2D eigenvalue weighted by Crippen LogP contribution is 2.45. The maximum Gasteiger partial charge on any atom is 0.254 e. The minimum Gasteiger partial charge on any atom is -0.339 e. The molecule has 0 aromatic heterocycles. The monoisotopic (exact) mass is 310 g/mol. The van der Waals surface area contributed by atoms with Crippen LogP contribution in [-0.2, 0) is 9.53 Å². The summed E-state index contributed by atoms with van der Waals surface area (Å²) in [5.41, 5.74) is -1.29. The van der Waals surface area contributed by atoms with Crippen LogP contribution in [0.15, 0.2) is 0 Å². The third-order valence-corrected chi connectivity index (χ3v) is 4.97. The largest absolute Gasteiger partial charge is 0.339 e. The van der Waals surface area contributed by atoms with Crippen LogP contribution in [0.1, 0.15) is 80.6 Å². The molecule has 2 N–H and O–H groups in total. The van der Waals surface area contributed by atoms with Gasteiger partial charge in [-0.25, -0.2) is 0 Å². The van der Waals surface area contributed by atoms with Gasteiger partial charge in [0.15, 0.2) is 0 Å². The summed E-state index contributed by atoms with van der Waals surface area (Å²) in [6.07, 6.45) is 4.17. The average molecular weight is 310 g/mol. The molecule has 2 aliphatic rings. The summed E-state index contributed by atoms with van der Waals surface area (Å²) in [5.74, 6) is 0.668. The Bertz CT molecular complexity index is 426. The second-order valence-electron chi connectivity index (χ2n) is 9.08. The molecule has 0 aromatic rings. The lowest BCUT2D eigenvalue weighted by molar-refractivity contribution is -0.162. The number of carbonyl (C=O) groups is 1. The zero-order valence-corrected chi connectivity index (χ0v) is 15.4. The second kappa shape index (κ2) is 5.48. The molecule has 2 rings (SSSR count). The molecule has 4 nitrogen and oxygen atoms in total. The molecule has 0 bridgehead atoms. The van der Waals surface area contributed by atoms with E-state index >= 15 is 0 Å². The van der Waals surface area contributed by atoms with Crippen LogP contribution < -0.4 is 10.6 Å². The molecule has 2 heterocycles. The van der Waals surface area contributed by atoms with Gasteiger partial charge < -0.3 is 15.4 Å². The number of amides is 1. The predicted octanol–water partition coefficient (Wildman–Crippen LogP) is 3.35. The summed E-state index contributed by atoms with van der Waals surface area (Å²) >= 11 is 0. The van der Waals surface area contributed by atoms with Gasteiger partial charge in [-0.2, -0.15) is 0 Å². The Morgan fingerprint density at radius 3 is 2.14 bits per heavy atom. The van der Waals surface area contributed by atoms with E-state index in [4.69, 9.17) is 4.74 Å². The summed E-state index contributed by atoms with van der Waals surface area (Å²) < 4.78 is 6.56. The van der Waals surface area contributed by atoms with E-state index in [1.165, 1.54) is 0 Å². The molecule has 0 aliphatic carbocycles. The second-order valence-corrected chi connectivity index (χ2v) is 9.08. The molecule has 2 aliphatic heterocycles. The number of ether oxygens (including phenoxy) is 1. The third kappa shape index (κ3) is 3.48. The van der Waals surface area contributed by atoms with Gasteiger partial charge in [0.05, 0.1) is 0 Å². The summed E-state index contributed by atoms with van der Waals surface area (Å²) in [6.45, 7) is 15.2. The SMILES string of the molecule is CCC1(CCC(C)C)OC2(CC(C)(C)NC(C)(C)C2)NC1=O. The van der Waals surface area contributed by atoms with Crippen molar-refractivity contribution in [1.29, 1.82) is 0 Å². The molecule has 1 amide bonds. The number of hydrogen-bond acceptors (Lipinski definition) is 3. The molecule has 4 heteroatoms. The minimum atomic E-state index is -0.645. The Hall–Kier alpha value is -0.610. The van der Waals surface area contributed by atoms with Crippen LogP contribution >= 0.6 is 0 Å².